The quantitative estimate of drug-likeness (QED) is 0.297. The minimum Gasteiger partial charge on any atom is -0.289 e. The van der Waals surface area contributed by atoms with Crippen molar-refractivity contribution in [3.63, 3.8) is 0 Å². The van der Waals surface area contributed by atoms with Crippen LogP contribution >= 0.6 is 0 Å². The van der Waals surface area contributed by atoms with Gasteiger partial charge in [0.2, 0.25) is 0 Å². The number of nitro groups is 1. The maximum absolute atomic E-state index is 12.3. The van der Waals surface area contributed by atoms with Crippen molar-refractivity contribution in [2.45, 2.75) is 13.8 Å². The predicted octanol–water partition coefficient (Wildman–Crippen LogP) is 4.76. The molecule has 0 heterocycles. The van der Waals surface area contributed by atoms with Crippen molar-refractivity contribution in [1.82, 2.24) is 0 Å². The first-order chi connectivity index (χ1) is 14.7. The smallest absolute Gasteiger partial charge is 0.271 e. The molecular weight excluding hydrogens is 442 g/mol. The highest BCUT2D eigenvalue weighted by Gasteiger charge is 2.27. The fraction of sp³-hybridized carbons (Fsp3) is 0.100. The third-order valence-electron chi connectivity index (χ3n) is 4.46. The summed E-state index contributed by atoms with van der Waals surface area (Å²) in [6, 6.07) is 16.8. The Balaban J connectivity index is 2.28. The molecule has 2 N–H and O–H groups in total. The third-order valence-corrected chi connectivity index (χ3v) is 5.90. The van der Waals surface area contributed by atoms with E-state index in [-0.39, 0.29) is 22.7 Å². The van der Waals surface area contributed by atoms with E-state index in [1.807, 2.05) is 13.8 Å². The number of non-ortho nitro benzene ring substituents is 1. The highest BCUT2D eigenvalue weighted by atomic mass is 32.2. The molecule has 0 saturated heterocycles. The Morgan fingerprint density at radius 1 is 0.742 bits per heavy atom. The maximum Gasteiger partial charge on any atom is 0.271 e. The van der Waals surface area contributed by atoms with Crippen molar-refractivity contribution in [2.75, 3.05) is 8.61 Å². The standard InChI is InChI=1S/C20H19N3O6S2/c1-14-3-7-16(8-4-14)21(30(26)27)19-12-11-18(23(24)25)13-20(19)22(31(28)29)17-9-5-15(2)6-10-17/h3-13H,1-2H3,(H,26,27)(H,28,29). The molecule has 0 bridgehead atoms. The van der Waals surface area contributed by atoms with Gasteiger partial charge in [-0.25, -0.2) is 17.0 Å². The van der Waals surface area contributed by atoms with E-state index >= 15 is 0 Å². The van der Waals surface area contributed by atoms with E-state index in [4.69, 9.17) is 0 Å². The lowest BCUT2D eigenvalue weighted by Gasteiger charge is -2.28. The van der Waals surface area contributed by atoms with Crippen LogP contribution in [-0.2, 0) is 22.5 Å². The average molecular weight is 462 g/mol. The van der Waals surface area contributed by atoms with E-state index in [1.165, 1.54) is 12.1 Å². The van der Waals surface area contributed by atoms with Crippen molar-refractivity contribution < 1.29 is 22.4 Å². The molecule has 2 unspecified atom stereocenters. The Morgan fingerprint density at radius 2 is 1.16 bits per heavy atom. The summed E-state index contributed by atoms with van der Waals surface area (Å²) in [5.41, 5.74) is 2.06. The average Bonchev–Trinajstić information content (AvgIpc) is 2.71. The SMILES string of the molecule is Cc1ccc(N(c2ccc([N+](=O)[O-])cc2N(c2ccc(C)cc2)S(=O)O)S(=O)O)cc1. The summed E-state index contributed by atoms with van der Waals surface area (Å²) in [7, 11) is 0. The van der Waals surface area contributed by atoms with Crippen molar-refractivity contribution >= 4 is 51.0 Å². The summed E-state index contributed by atoms with van der Waals surface area (Å²) >= 11 is -5.20. The summed E-state index contributed by atoms with van der Waals surface area (Å²) in [4.78, 5) is 10.7. The van der Waals surface area contributed by atoms with E-state index in [1.54, 1.807) is 48.5 Å². The van der Waals surface area contributed by atoms with Crippen molar-refractivity contribution in [2.24, 2.45) is 0 Å². The van der Waals surface area contributed by atoms with Gasteiger partial charge in [0.1, 0.15) is 0 Å². The van der Waals surface area contributed by atoms with Crippen LogP contribution in [0.15, 0.2) is 66.7 Å². The monoisotopic (exact) mass is 461 g/mol. The minimum atomic E-state index is -2.63. The van der Waals surface area contributed by atoms with Crippen LogP contribution in [0.4, 0.5) is 28.4 Å². The van der Waals surface area contributed by atoms with E-state index in [0.29, 0.717) is 5.69 Å². The molecule has 0 fully saturated rings. The van der Waals surface area contributed by atoms with E-state index < -0.39 is 27.5 Å². The molecule has 31 heavy (non-hydrogen) atoms. The largest absolute Gasteiger partial charge is 0.289 e. The van der Waals surface area contributed by atoms with Crippen LogP contribution in [0.5, 0.6) is 0 Å². The third kappa shape index (κ3) is 4.97. The molecule has 0 saturated carbocycles. The first-order valence-electron chi connectivity index (χ1n) is 8.93. The summed E-state index contributed by atoms with van der Waals surface area (Å²) in [5.74, 6) is 0. The minimum absolute atomic E-state index is 0.0401. The molecule has 0 radical (unpaired) electrons. The van der Waals surface area contributed by atoms with Gasteiger partial charge in [-0.3, -0.25) is 19.2 Å². The number of nitro benzene ring substituents is 1. The van der Waals surface area contributed by atoms with Crippen LogP contribution in [-0.4, -0.2) is 22.4 Å². The van der Waals surface area contributed by atoms with Gasteiger partial charge in [0.15, 0.2) is 0 Å². The van der Waals surface area contributed by atoms with E-state index in [2.05, 4.69) is 0 Å². The van der Waals surface area contributed by atoms with Gasteiger partial charge in [0.05, 0.1) is 27.7 Å². The molecule has 0 amide bonds. The van der Waals surface area contributed by atoms with Gasteiger partial charge in [-0.05, 0) is 44.2 Å². The Kier molecular flexibility index (Phi) is 6.81. The van der Waals surface area contributed by atoms with Gasteiger partial charge in [0.25, 0.3) is 28.2 Å². The van der Waals surface area contributed by atoms with Gasteiger partial charge in [-0.1, -0.05) is 35.4 Å². The van der Waals surface area contributed by atoms with Gasteiger partial charge in [0, 0.05) is 12.1 Å². The zero-order valence-electron chi connectivity index (χ0n) is 16.5. The molecule has 3 aromatic rings. The number of hydrogen-bond donors (Lipinski definition) is 2. The molecule has 0 spiro atoms. The number of anilines is 4. The lowest BCUT2D eigenvalue weighted by Crippen LogP contribution is -2.25. The number of hydrogen-bond acceptors (Lipinski definition) is 4. The van der Waals surface area contributed by atoms with Crippen LogP contribution in [0.2, 0.25) is 0 Å². The molecule has 11 heteroatoms. The van der Waals surface area contributed by atoms with Crippen molar-refractivity contribution in [3.8, 4) is 0 Å². The van der Waals surface area contributed by atoms with Crippen LogP contribution in [0.1, 0.15) is 11.1 Å². The molecule has 162 valence electrons. The van der Waals surface area contributed by atoms with Crippen molar-refractivity contribution in [3.05, 3.63) is 88.0 Å². The maximum atomic E-state index is 12.3. The number of rotatable bonds is 7. The fourth-order valence-corrected chi connectivity index (χ4v) is 4.19. The summed E-state index contributed by atoms with van der Waals surface area (Å²) in [5, 5.41) is 11.4. The number of benzene rings is 3. The van der Waals surface area contributed by atoms with Gasteiger partial charge < -0.3 is 0 Å². The zero-order valence-corrected chi connectivity index (χ0v) is 18.2. The van der Waals surface area contributed by atoms with Crippen molar-refractivity contribution in [1.29, 1.82) is 0 Å². The summed E-state index contributed by atoms with van der Waals surface area (Å²) in [6.07, 6.45) is 0. The Labute approximate surface area is 183 Å². The normalized spacial score (nSPS) is 12.8. The lowest BCUT2D eigenvalue weighted by atomic mass is 10.2. The van der Waals surface area contributed by atoms with Gasteiger partial charge in [-0.15, -0.1) is 0 Å². The fourth-order valence-electron chi connectivity index (χ4n) is 2.95. The Hall–Kier alpha value is -3.12. The Bertz CT molecular complexity index is 1150. The zero-order chi connectivity index (χ0) is 22.7. The molecule has 0 aliphatic heterocycles. The Morgan fingerprint density at radius 3 is 1.55 bits per heavy atom. The lowest BCUT2D eigenvalue weighted by molar-refractivity contribution is -0.384. The van der Waals surface area contributed by atoms with Crippen LogP contribution in [0.3, 0.4) is 0 Å². The van der Waals surface area contributed by atoms with E-state index in [9.17, 15) is 27.6 Å². The highest BCUT2D eigenvalue weighted by molar-refractivity contribution is 7.81. The number of aryl methyl sites for hydroxylation is 2. The first-order valence-corrected chi connectivity index (χ1v) is 11.1. The van der Waals surface area contributed by atoms with Gasteiger partial charge in [-0.2, -0.15) is 0 Å². The molecule has 2 atom stereocenters. The predicted molar refractivity (Wildman–Crippen MR) is 121 cm³/mol. The second-order valence-corrected chi connectivity index (χ2v) is 8.30. The second kappa shape index (κ2) is 9.35. The highest BCUT2D eigenvalue weighted by Crippen LogP contribution is 2.41. The van der Waals surface area contributed by atoms with E-state index in [0.717, 1.165) is 25.8 Å². The van der Waals surface area contributed by atoms with Crippen LogP contribution in [0, 0.1) is 24.0 Å². The molecule has 0 aromatic heterocycles. The molecule has 3 aromatic carbocycles. The molecule has 0 aliphatic carbocycles. The van der Waals surface area contributed by atoms with Gasteiger partial charge >= 0.3 is 0 Å². The molecule has 3 rings (SSSR count). The molecule has 9 nitrogen and oxygen atoms in total. The van der Waals surface area contributed by atoms with Crippen LogP contribution in [0.25, 0.3) is 0 Å². The summed E-state index contributed by atoms with van der Waals surface area (Å²) in [6.45, 7) is 3.70. The summed E-state index contributed by atoms with van der Waals surface area (Å²) < 4.78 is 46.6. The number of nitrogens with zero attached hydrogens (tertiary/aromatic N) is 3. The topological polar surface area (TPSA) is 124 Å². The molecular formula is C20H19N3O6S2. The van der Waals surface area contributed by atoms with Crippen LogP contribution < -0.4 is 8.61 Å². The molecule has 0 aliphatic rings. The second-order valence-electron chi connectivity index (χ2n) is 6.65. The first kappa shape index (κ1) is 22.6.